The van der Waals surface area contributed by atoms with Crippen molar-refractivity contribution in [3.05, 3.63) is 0 Å². The maximum Gasteiger partial charge on any atom is 0.0135 e. The quantitative estimate of drug-likeness (QED) is 0.356. The maximum absolute atomic E-state index is 6.09. The molecule has 0 fully saturated rings. The van der Waals surface area contributed by atoms with E-state index in [0.717, 1.165) is 0 Å². The largest absolute Gasteiger partial charge is 0.183 e. The first-order valence-corrected chi connectivity index (χ1v) is 2.20. The molecule has 0 radical (unpaired) electrons. The van der Waals surface area contributed by atoms with Gasteiger partial charge in [-0.1, -0.05) is 0 Å². The van der Waals surface area contributed by atoms with E-state index >= 15 is 0 Å². The van der Waals surface area contributed by atoms with E-state index in [1.54, 1.807) is 0 Å². The first-order chi connectivity index (χ1) is 4.41. The van der Waals surface area contributed by atoms with Crippen molar-refractivity contribution < 1.29 is 0 Å². The highest BCUT2D eigenvalue weighted by atomic mass is 31.0. The Balaban J connectivity index is 3.46. The summed E-state index contributed by atoms with van der Waals surface area (Å²) in [4.78, 5) is 3.14. The van der Waals surface area contributed by atoms with E-state index in [4.69, 9.17) is 5.53 Å². The minimum atomic E-state index is 1.95. The average molecular weight is 146 g/mol. The van der Waals surface area contributed by atoms with Gasteiger partial charge in [0, 0.05) is 9.39 Å². The molecule has 0 aliphatic heterocycles. The van der Waals surface area contributed by atoms with Crippen molar-refractivity contribution in [2.75, 3.05) is 0 Å². The Morgan fingerprint density at radius 3 is 2.00 bits per heavy atom. The first kappa shape index (κ1) is 7.83. The van der Waals surface area contributed by atoms with E-state index < -0.39 is 0 Å². The second kappa shape index (κ2) is 6.83. The molecule has 0 heterocycles. The average Bonchev–Trinajstić information content (AvgIpc) is 1.89. The van der Waals surface area contributed by atoms with Gasteiger partial charge in [0.1, 0.15) is 0 Å². The van der Waals surface area contributed by atoms with Crippen LogP contribution in [0.15, 0.2) is 36.2 Å². The summed E-state index contributed by atoms with van der Waals surface area (Å²) in [7, 11) is 1.95. The number of nitrogens with zero attached hydrogens (tertiary/aromatic N) is 7. The van der Waals surface area contributed by atoms with Crippen molar-refractivity contribution in [2.45, 2.75) is 0 Å². The molecule has 48 valence electrons. The van der Waals surface area contributed by atoms with Gasteiger partial charge in [0.25, 0.3) is 0 Å². The normalized spacial score (nSPS) is 12.1. The van der Waals surface area contributed by atoms with Crippen molar-refractivity contribution in [1.29, 1.82) is 5.53 Å². The fraction of sp³-hybridized carbons (Fsp3) is 0. The lowest BCUT2D eigenvalue weighted by molar-refractivity contribution is 0.796. The van der Waals surface area contributed by atoms with Crippen molar-refractivity contribution in [1.82, 2.24) is 0 Å². The molecule has 1 unspecified atom stereocenters. The van der Waals surface area contributed by atoms with Gasteiger partial charge >= 0.3 is 0 Å². The van der Waals surface area contributed by atoms with Crippen LogP contribution in [0.2, 0.25) is 0 Å². The van der Waals surface area contributed by atoms with Crippen LogP contribution in [-0.2, 0) is 0 Å². The van der Waals surface area contributed by atoms with Crippen molar-refractivity contribution in [3.63, 3.8) is 0 Å². The molecular formula is H3N8P. The van der Waals surface area contributed by atoms with Crippen LogP contribution in [0.4, 0.5) is 0 Å². The predicted molar refractivity (Wildman–Crippen MR) is 29.4 cm³/mol. The molecule has 0 rings (SSSR count). The fourth-order valence-electron chi connectivity index (χ4n) is 0.0968. The van der Waals surface area contributed by atoms with Gasteiger partial charge in [0.15, 0.2) is 0 Å². The number of rotatable bonds is 3. The molecule has 9 heavy (non-hydrogen) atoms. The molecule has 0 aromatic heterocycles. The van der Waals surface area contributed by atoms with Gasteiger partial charge in [-0.05, 0) is 31.3 Å². The van der Waals surface area contributed by atoms with E-state index in [1.165, 1.54) is 0 Å². The lowest BCUT2D eigenvalue weighted by Gasteiger charge is -1.65. The lowest BCUT2D eigenvalue weighted by Crippen LogP contribution is -1.43. The van der Waals surface area contributed by atoms with E-state index in [-0.39, 0.29) is 0 Å². The molecule has 0 spiro atoms. The van der Waals surface area contributed by atoms with Crippen LogP contribution < -0.4 is 0 Å². The standard InChI is InChI=1S/H3N8P/c1-2-3-4-5-6-7-8-9/h1H,9H2. The molecule has 0 saturated heterocycles. The highest BCUT2D eigenvalue weighted by molar-refractivity contribution is 7.14. The predicted octanol–water partition coefficient (Wildman–Crippen LogP) is 1.91. The Labute approximate surface area is 52.2 Å². The third-order valence-corrected chi connectivity index (χ3v) is 0.360. The molecule has 1 N–H and O–H groups in total. The minimum absolute atomic E-state index is 1.95. The van der Waals surface area contributed by atoms with E-state index in [9.17, 15) is 0 Å². The summed E-state index contributed by atoms with van der Waals surface area (Å²) >= 11 is 0. The second-order valence-corrected chi connectivity index (χ2v) is 0.894. The summed E-state index contributed by atoms with van der Waals surface area (Å²) in [5.41, 5.74) is 6.09. The Hall–Kier alpha value is -1.17. The van der Waals surface area contributed by atoms with Crippen molar-refractivity contribution >= 4 is 9.39 Å². The van der Waals surface area contributed by atoms with Gasteiger partial charge in [-0.15, -0.1) is 0 Å². The van der Waals surface area contributed by atoms with Gasteiger partial charge in [0.2, 0.25) is 0 Å². The van der Waals surface area contributed by atoms with Crippen LogP contribution in [0, 0.1) is 5.53 Å². The fourth-order valence-corrected chi connectivity index (χ4v) is 0.143. The van der Waals surface area contributed by atoms with Crippen LogP contribution in [0.1, 0.15) is 0 Å². The van der Waals surface area contributed by atoms with Crippen LogP contribution in [0.25, 0.3) is 0 Å². The molecule has 0 aromatic carbocycles. The van der Waals surface area contributed by atoms with Gasteiger partial charge in [0.05, 0.1) is 0 Å². The topological polar surface area (TPSA) is 110 Å². The van der Waals surface area contributed by atoms with Gasteiger partial charge < -0.3 is 0 Å². The van der Waals surface area contributed by atoms with Crippen LogP contribution in [0.5, 0.6) is 0 Å². The summed E-state index contributed by atoms with van der Waals surface area (Å²) < 4.78 is 0. The Bertz CT molecular complexity index is 141. The summed E-state index contributed by atoms with van der Waals surface area (Å²) in [6.07, 6.45) is 0. The van der Waals surface area contributed by atoms with Crippen molar-refractivity contribution in [3.8, 4) is 0 Å². The van der Waals surface area contributed by atoms with Gasteiger partial charge in [-0.25, -0.2) is 0 Å². The van der Waals surface area contributed by atoms with E-state index in [2.05, 4.69) is 36.2 Å². The summed E-state index contributed by atoms with van der Waals surface area (Å²) in [6.45, 7) is 0. The van der Waals surface area contributed by atoms with E-state index in [0.29, 0.717) is 0 Å². The van der Waals surface area contributed by atoms with Gasteiger partial charge in [-0.2, -0.15) is 10.4 Å². The molecule has 0 bridgehead atoms. The smallest absolute Gasteiger partial charge is 0.0135 e. The molecule has 0 aliphatic rings. The Kier molecular flexibility index (Phi) is 5.94. The Morgan fingerprint density at radius 2 is 1.44 bits per heavy atom. The lowest BCUT2D eigenvalue weighted by atomic mass is 12.4. The number of hydrogen-bond acceptors (Lipinski definition) is 2. The molecule has 0 amide bonds. The van der Waals surface area contributed by atoms with E-state index in [1.807, 2.05) is 9.39 Å². The monoisotopic (exact) mass is 146 g/mol. The zero-order valence-corrected chi connectivity index (χ0v) is 5.36. The van der Waals surface area contributed by atoms with Crippen molar-refractivity contribution in [2.24, 2.45) is 36.2 Å². The SMILES string of the molecule is N=NN=NN=NN=NP. The highest BCUT2D eigenvalue weighted by Crippen LogP contribution is 1.87. The zero-order valence-electron chi connectivity index (χ0n) is 4.21. The molecule has 0 aliphatic carbocycles. The summed E-state index contributed by atoms with van der Waals surface area (Å²) in [5, 5.41) is 17.2. The van der Waals surface area contributed by atoms with Gasteiger partial charge in [-0.3, -0.25) is 0 Å². The Morgan fingerprint density at radius 1 is 0.889 bits per heavy atom. The molecule has 8 nitrogen and oxygen atoms in total. The molecule has 1 atom stereocenters. The first-order valence-electron chi connectivity index (χ1n) is 1.68. The maximum atomic E-state index is 6.09. The summed E-state index contributed by atoms with van der Waals surface area (Å²) in [5.74, 6) is 0. The molecular weight excluding hydrogens is 143 g/mol. The second-order valence-electron chi connectivity index (χ2n) is 0.663. The number of nitrogens with one attached hydrogen (secondary N) is 1. The highest BCUT2D eigenvalue weighted by Gasteiger charge is 1.61. The van der Waals surface area contributed by atoms with Crippen LogP contribution in [-0.4, -0.2) is 0 Å². The summed E-state index contributed by atoms with van der Waals surface area (Å²) in [6, 6.07) is 0. The molecule has 9 heteroatoms. The zero-order chi connectivity index (χ0) is 6.95. The third kappa shape index (κ3) is 6.83. The molecule has 0 saturated carbocycles. The molecule has 0 aromatic rings. The van der Waals surface area contributed by atoms with Crippen LogP contribution in [0.3, 0.4) is 0 Å². The third-order valence-electron chi connectivity index (χ3n) is 0.256. The van der Waals surface area contributed by atoms with Crippen LogP contribution >= 0.6 is 9.39 Å². The number of hydrogen-bond donors (Lipinski definition) is 1. The minimum Gasteiger partial charge on any atom is -0.183 e.